The van der Waals surface area contributed by atoms with E-state index in [0.717, 1.165) is 35.0 Å². The number of hydrogen-bond acceptors (Lipinski definition) is 2. The van der Waals surface area contributed by atoms with Gasteiger partial charge < -0.3 is 5.32 Å². The number of hydrogen-bond donors (Lipinski definition) is 1. The minimum Gasteiger partial charge on any atom is -0.345 e. The van der Waals surface area contributed by atoms with Gasteiger partial charge in [0.1, 0.15) is 11.5 Å². The zero-order chi connectivity index (χ0) is 18.1. The third-order valence-electron chi connectivity index (χ3n) is 4.66. The first-order valence-electron chi connectivity index (χ1n) is 8.51. The van der Waals surface area contributed by atoms with Crippen molar-refractivity contribution in [1.82, 2.24) is 15.1 Å². The van der Waals surface area contributed by atoms with Crippen molar-refractivity contribution in [2.45, 2.75) is 25.3 Å². The maximum absolute atomic E-state index is 14.2. The standard InChI is InChI=1S/C20H17BrFN3O/c21-14-6-3-5-13(11-14)20(26)24-17-8-4-10-18-15(17)12-23-25(18)19-9-2-1-7-16(19)22/h1-3,5-7,9,11-12,17H,4,8,10H2,(H,24,26)/t17-/m1/s1. The smallest absolute Gasteiger partial charge is 0.251 e. The molecule has 0 aliphatic heterocycles. The Morgan fingerprint density at radius 2 is 2.08 bits per heavy atom. The summed E-state index contributed by atoms with van der Waals surface area (Å²) in [4.78, 5) is 12.6. The molecule has 0 spiro atoms. The number of benzene rings is 2. The molecular weight excluding hydrogens is 397 g/mol. The summed E-state index contributed by atoms with van der Waals surface area (Å²) in [5.74, 6) is -0.429. The highest BCUT2D eigenvalue weighted by Crippen LogP contribution is 2.31. The van der Waals surface area contributed by atoms with Gasteiger partial charge in [0.2, 0.25) is 0 Å². The number of nitrogens with zero attached hydrogens (tertiary/aromatic N) is 2. The molecular formula is C20H17BrFN3O. The minimum atomic E-state index is -0.307. The predicted molar refractivity (Wildman–Crippen MR) is 101 cm³/mol. The molecule has 0 saturated carbocycles. The first-order valence-corrected chi connectivity index (χ1v) is 9.31. The molecule has 1 aliphatic rings. The van der Waals surface area contributed by atoms with Gasteiger partial charge in [-0.1, -0.05) is 34.1 Å². The van der Waals surface area contributed by atoms with E-state index in [-0.39, 0.29) is 17.8 Å². The number of aromatic nitrogens is 2. The Hall–Kier alpha value is -2.47. The lowest BCUT2D eigenvalue weighted by atomic mass is 9.92. The average molecular weight is 414 g/mol. The highest BCUT2D eigenvalue weighted by molar-refractivity contribution is 9.10. The van der Waals surface area contributed by atoms with Gasteiger partial charge in [-0.15, -0.1) is 0 Å². The van der Waals surface area contributed by atoms with Crippen LogP contribution in [0.25, 0.3) is 5.69 Å². The number of rotatable bonds is 3. The molecule has 26 heavy (non-hydrogen) atoms. The van der Waals surface area contributed by atoms with Gasteiger partial charge in [-0.05, 0) is 49.6 Å². The highest BCUT2D eigenvalue weighted by Gasteiger charge is 2.27. The molecule has 6 heteroatoms. The summed E-state index contributed by atoms with van der Waals surface area (Å²) in [5, 5.41) is 7.48. The summed E-state index contributed by atoms with van der Waals surface area (Å²) >= 11 is 3.39. The molecule has 1 aliphatic carbocycles. The summed E-state index contributed by atoms with van der Waals surface area (Å²) in [6, 6.07) is 13.8. The molecule has 0 radical (unpaired) electrons. The Morgan fingerprint density at radius 1 is 1.23 bits per heavy atom. The Bertz CT molecular complexity index is 969. The second-order valence-corrected chi connectivity index (χ2v) is 7.25. The molecule has 0 unspecified atom stereocenters. The largest absolute Gasteiger partial charge is 0.345 e. The van der Waals surface area contributed by atoms with Crippen molar-refractivity contribution >= 4 is 21.8 Å². The number of carbonyl (C=O) groups is 1. The van der Waals surface area contributed by atoms with Crippen LogP contribution in [0.2, 0.25) is 0 Å². The van der Waals surface area contributed by atoms with E-state index in [1.54, 1.807) is 41.2 Å². The lowest BCUT2D eigenvalue weighted by Gasteiger charge is -2.24. The molecule has 0 bridgehead atoms. The third kappa shape index (κ3) is 3.17. The molecule has 4 rings (SSSR count). The van der Waals surface area contributed by atoms with Crippen LogP contribution in [-0.2, 0) is 6.42 Å². The normalized spacial score (nSPS) is 16.2. The Labute approximate surface area is 159 Å². The summed E-state index contributed by atoms with van der Waals surface area (Å²) in [6.45, 7) is 0. The van der Waals surface area contributed by atoms with Crippen LogP contribution in [0.1, 0.15) is 40.5 Å². The molecule has 0 saturated heterocycles. The van der Waals surface area contributed by atoms with Gasteiger partial charge in [0.25, 0.3) is 5.91 Å². The Kier molecular flexibility index (Phi) is 4.59. The van der Waals surface area contributed by atoms with Crippen molar-refractivity contribution in [1.29, 1.82) is 0 Å². The fraction of sp³-hybridized carbons (Fsp3) is 0.200. The topological polar surface area (TPSA) is 46.9 Å². The fourth-order valence-corrected chi connectivity index (χ4v) is 3.81. The molecule has 1 N–H and O–H groups in total. The van der Waals surface area contributed by atoms with Crippen LogP contribution < -0.4 is 5.32 Å². The van der Waals surface area contributed by atoms with E-state index in [1.807, 2.05) is 12.1 Å². The van der Waals surface area contributed by atoms with Crippen LogP contribution in [0.4, 0.5) is 4.39 Å². The van der Waals surface area contributed by atoms with Crippen molar-refractivity contribution in [3.05, 3.63) is 81.8 Å². The number of nitrogens with one attached hydrogen (secondary N) is 1. The first kappa shape index (κ1) is 17.0. The number of para-hydroxylation sites is 1. The van der Waals surface area contributed by atoms with E-state index < -0.39 is 0 Å². The molecule has 0 fully saturated rings. The monoisotopic (exact) mass is 413 g/mol. The maximum atomic E-state index is 14.2. The average Bonchev–Trinajstić information content (AvgIpc) is 3.07. The number of fused-ring (bicyclic) bond motifs is 1. The summed E-state index contributed by atoms with van der Waals surface area (Å²) in [7, 11) is 0. The SMILES string of the molecule is O=C(N[C@@H]1CCCc2c1cnn2-c1ccccc1F)c1cccc(Br)c1. The van der Waals surface area contributed by atoms with Crippen LogP contribution in [-0.4, -0.2) is 15.7 Å². The van der Waals surface area contributed by atoms with Crippen LogP contribution in [0.15, 0.2) is 59.2 Å². The third-order valence-corrected chi connectivity index (χ3v) is 5.15. The highest BCUT2D eigenvalue weighted by atomic mass is 79.9. The zero-order valence-corrected chi connectivity index (χ0v) is 15.5. The molecule has 4 nitrogen and oxygen atoms in total. The predicted octanol–water partition coefficient (Wildman–Crippen LogP) is 4.58. The Balaban J connectivity index is 1.63. The number of halogens is 2. The van der Waals surface area contributed by atoms with Crippen molar-refractivity contribution in [2.24, 2.45) is 0 Å². The molecule has 1 amide bonds. The van der Waals surface area contributed by atoms with Crippen LogP contribution in [0, 0.1) is 5.82 Å². The van der Waals surface area contributed by atoms with Crippen molar-refractivity contribution in [2.75, 3.05) is 0 Å². The van der Waals surface area contributed by atoms with Crippen molar-refractivity contribution < 1.29 is 9.18 Å². The van der Waals surface area contributed by atoms with Crippen molar-refractivity contribution in [3.63, 3.8) is 0 Å². The molecule has 1 heterocycles. The maximum Gasteiger partial charge on any atom is 0.251 e. The van der Waals surface area contributed by atoms with Crippen LogP contribution in [0.3, 0.4) is 0 Å². The molecule has 132 valence electrons. The van der Waals surface area contributed by atoms with E-state index >= 15 is 0 Å². The van der Waals surface area contributed by atoms with E-state index in [2.05, 4.69) is 26.3 Å². The lowest BCUT2D eigenvalue weighted by Crippen LogP contribution is -2.31. The van der Waals surface area contributed by atoms with Gasteiger partial charge in [-0.25, -0.2) is 9.07 Å². The van der Waals surface area contributed by atoms with Crippen LogP contribution >= 0.6 is 15.9 Å². The minimum absolute atomic E-state index is 0.120. The van der Waals surface area contributed by atoms with Gasteiger partial charge in [0.15, 0.2) is 0 Å². The van der Waals surface area contributed by atoms with Gasteiger partial charge in [0, 0.05) is 21.3 Å². The van der Waals surface area contributed by atoms with E-state index in [1.165, 1.54) is 6.07 Å². The number of carbonyl (C=O) groups excluding carboxylic acids is 1. The number of amides is 1. The summed E-state index contributed by atoms with van der Waals surface area (Å²) in [6.07, 6.45) is 4.31. The molecule has 1 aromatic heterocycles. The van der Waals surface area contributed by atoms with Gasteiger partial charge in [-0.3, -0.25) is 4.79 Å². The second-order valence-electron chi connectivity index (χ2n) is 6.34. The Morgan fingerprint density at radius 3 is 2.88 bits per heavy atom. The van der Waals surface area contributed by atoms with E-state index in [9.17, 15) is 9.18 Å². The van der Waals surface area contributed by atoms with E-state index in [0.29, 0.717) is 11.3 Å². The first-order chi connectivity index (χ1) is 12.6. The lowest BCUT2D eigenvalue weighted by molar-refractivity contribution is 0.0932. The fourth-order valence-electron chi connectivity index (χ4n) is 3.41. The molecule has 1 atom stereocenters. The van der Waals surface area contributed by atoms with Gasteiger partial charge in [0.05, 0.1) is 12.2 Å². The second kappa shape index (κ2) is 7.03. The molecule has 3 aromatic rings. The summed E-state index contributed by atoms with van der Waals surface area (Å²) in [5.41, 5.74) is 2.96. The zero-order valence-electron chi connectivity index (χ0n) is 14.0. The molecule has 2 aromatic carbocycles. The van der Waals surface area contributed by atoms with E-state index in [4.69, 9.17) is 0 Å². The van der Waals surface area contributed by atoms with Gasteiger partial charge in [-0.2, -0.15) is 5.10 Å². The summed E-state index contributed by atoms with van der Waals surface area (Å²) < 4.78 is 16.7. The van der Waals surface area contributed by atoms with Crippen molar-refractivity contribution in [3.8, 4) is 5.69 Å². The van der Waals surface area contributed by atoms with Gasteiger partial charge >= 0.3 is 0 Å². The van der Waals surface area contributed by atoms with Crippen LogP contribution in [0.5, 0.6) is 0 Å². The quantitative estimate of drug-likeness (QED) is 0.682.